The highest BCUT2D eigenvalue weighted by molar-refractivity contribution is 6.17. The van der Waals surface area contributed by atoms with Crippen molar-refractivity contribution in [2.24, 2.45) is 0 Å². The molecule has 2 aromatic rings. The summed E-state index contributed by atoms with van der Waals surface area (Å²) in [5, 5.41) is -0.296. The second kappa shape index (κ2) is 2.73. The molecule has 1 aliphatic heterocycles. The van der Waals surface area contributed by atoms with Crippen molar-refractivity contribution >= 4 is 22.7 Å². The van der Waals surface area contributed by atoms with Gasteiger partial charge in [0, 0.05) is 10.8 Å². The van der Waals surface area contributed by atoms with E-state index in [1.807, 2.05) is 0 Å². The first-order valence-corrected chi connectivity index (χ1v) is 4.58. The molecule has 6 heteroatoms. The van der Waals surface area contributed by atoms with Crippen LogP contribution in [0.25, 0.3) is 10.8 Å². The van der Waals surface area contributed by atoms with Crippen molar-refractivity contribution in [3.63, 3.8) is 0 Å². The highest BCUT2D eigenvalue weighted by atomic mass is 16.6. The van der Waals surface area contributed by atoms with Crippen LogP contribution >= 0.6 is 0 Å². The minimum atomic E-state index is -1.15. The summed E-state index contributed by atoms with van der Waals surface area (Å²) in [6.07, 6.45) is 0. The van der Waals surface area contributed by atoms with Crippen molar-refractivity contribution in [3.05, 3.63) is 53.9 Å². The number of fused-ring (bicyclic) bond motifs is 2. The maximum atomic E-state index is 11.4. The Bertz CT molecular complexity index is 783. The van der Waals surface area contributed by atoms with Crippen molar-refractivity contribution in [1.29, 1.82) is 0 Å². The zero-order valence-corrected chi connectivity index (χ0v) is 8.10. The van der Waals surface area contributed by atoms with Crippen LogP contribution in [0.2, 0.25) is 0 Å². The smallest absolute Gasteiger partial charge is 0.346 e. The van der Waals surface area contributed by atoms with E-state index >= 15 is 0 Å². The van der Waals surface area contributed by atoms with Gasteiger partial charge in [-0.3, -0.25) is 14.4 Å². The van der Waals surface area contributed by atoms with E-state index in [4.69, 9.17) is 0 Å². The summed E-state index contributed by atoms with van der Waals surface area (Å²) < 4.78 is 4.32. The molecular formula is C11H2O6. The van der Waals surface area contributed by atoms with Gasteiger partial charge in [-0.15, -0.1) is 0 Å². The fraction of sp³-hybridized carbons (Fsp3) is 0. The number of hydrogen-bond donors (Lipinski definition) is 0. The zero-order valence-electron chi connectivity index (χ0n) is 8.10. The highest BCUT2D eigenvalue weighted by Crippen LogP contribution is 2.22. The Morgan fingerprint density at radius 2 is 1.06 bits per heavy atom. The third kappa shape index (κ3) is 1.01. The maximum Gasteiger partial charge on any atom is 0.346 e. The van der Waals surface area contributed by atoms with E-state index < -0.39 is 28.2 Å². The van der Waals surface area contributed by atoms with Gasteiger partial charge in [-0.2, -0.15) is 0 Å². The number of hydrogen-bond acceptors (Lipinski definition) is 6. The number of carbonyl (C=O) groups excluding carboxylic acids is 2. The van der Waals surface area contributed by atoms with Crippen LogP contribution in [-0.4, -0.2) is 11.9 Å². The fourth-order valence-electron chi connectivity index (χ4n) is 1.86. The SMILES string of the molecule is O=C1OC(=O)c2cc3c(=O)c(=O)c(=O)c3cc21. The molecule has 0 spiro atoms. The van der Waals surface area contributed by atoms with Crippen LogP contribution < -0.4 is 16.3 Å². The first kappa shape index (κ1) is 9.59. The summed E-state index contributed by atoms with van der Waals surface area (Å²) in [5.41, 5.74) is -3.25. The Balaban J connectivity index is 2.61. The molecule has 0 N–H and O–H groups in total. The first-order valence-electron chi connectivity index (χ1n) is 4.58. The van der Waals surface area contributed by atoms with Gasteiger partial charge in [-0.1, -0.05) is 0 Å². The molecule has 0 aliphatic carbocycles. The number of rotatable bonds is 0. The van der Waals surface area contributed by atoms with Gasteiger partial charge in [0.15, 0.2) is 0 Å². The van der Waals surface area contributed by atoms with Crippen molar-refractivity contribution in [2.75, 3.05) is 0 Å². The Labute approximate surface area is 91.7 Å². The first-order chi connectivity index (χ1) is 8.00. The minimum absolute atomic E-state index is 0.0930. The number of benzene rings is 1. The molecule has 1 aliphatic rings. The normalized spacial score (nSPS) is 14.1. The largest absolute Gasteiger partial charge is 0.386 e. The van der Waals surface area contributed by atoms with E-state index in [0.29, 0.717) is 0 Å². The maximum absolute atomic E-state index is 11.4. The van der Waals surface area contributed by atoms with Crippen LogP contribution in [0.3, 0.4) is 0 Å². The Hall–Kier alpha value is -2.63. The summed E-state index contributed by atoms with van der Waals surface area (Å²) in [6.45, 7) is 0. The van der Waals surface area contributed by atoms with Crippen LogP contribution in [0, 0.1) is 0 Å². The van der Waals surface area contributed by atoms with Crippen LogP contribution in [0.15, 0.2) is 26.5 Å². The van der Waals surface area contributed by atoms with Crippen LogP contribution in [0.4, 0.5) is 0 Å². The summed E-state index contributed by atoms with van der Waals surface area (Å²) in [6, 6.07) is 2.12. The molecule has 0 fully saturated rings. The van der Waals surface area contributed by atoms with E-state index in [9.17, 15) is 24.0 Å². The average molecular weight is 230 g/mol. The van der Waals surface area contributed by atoms with Gasteiger partial charge in [0.05, 0.1) is 11.1 Å². The summed E-state index contributed by atoms with van der Waals surface area (Å²) in [7, 11) is 0. The molecule has 0 saturated heterocycles. The highest BCUT2D eigenvalue weighted by Gasteiger charge is 2.31. The lowest BCUT2D eigenvalue weighted by molar-refractivity contribution is 0.0444. The second-order valence-electron chi connectivity index (χ2n) is 3.61. The molecule has 0 saturated carbocycles. The standard InChI is InChI=1S/C11H2O6/c12-7-3-1-5-6(11(16)17-10(5)15)2-4(3)8(13)9(7)14/h1-2H. The molecule has 2 aromatic carbocycles. The van der Waals surface area contributed by atoms with Crippen LogP contribution in [0.5, 0.6) is 0 Å². The van der Waals surface area contributed by atoms with E-state index in [1.165, 1.54) is 0 Å². The zero-order chi connectivity index (χ0) is 12.3. The minimum Gasteiger partial charge on any atom is -0.386 e. The molecule has 1 heterocycles. The molecule has 0 aromatic heterocycles. The number of ether oxygens (including phenoxy) is 1. The lowest BCUT2D eigenvalue weighted by atomic mass is 10.1. The van der Waals surface area contributed by atoms with Crippen molar-refractivity contribution in [3.8, 4) is 0 Å². The van der Waals surface area contributed by atoms with Gasteiger partial charge in [0.2, 0.25) is 10.9 Å². The fourth-order valence-corrected chi connectivity index (χ4v) is 1.86. The lowest BCUT2D eigenvalue weighted by Crippen LogP contribution is -2.29. The predicted molar refractivity (Wildman–Crippen MR) is 54.9 cm³/mol. The molecular weight excluding hydrogens is 228 g/mol. The monoisotopic (exact) mass is 230 g/mol. The molecule has 3 rings (SSSR count). The summed E-state index contributed by atoms with van der Waals surface area (Å²) in [4.78, 5) is 56.4. The van der Waals surface area contributed by atoms with Crippen molar-refractivity contribution < 1.29 is 14.3 Å². The molecule has 6 nitrogen and oxygen atoms in total. The van der Waals surface area contributed by atoms with Gasteiger partial charge in [0.1, 0.15) is 0 Å². The molecule has 0 bridgehead atoms. The van der Waals surface area contributed by atoms with Crippen LogP contribution in [0.1, 0.15) is 20.7 Å². The third-order valence-corrected chi connectivity index (χ3v) is 2.68. The van der Waals surface area contributed by atoms with E-state index in [1.54, 1.807) is 0 Å². The third-order valence-electron chi connectivity index (χ3n) is 2.68. The van der Waals surface area contributed by atoms with Crippen molar-refractivity contribution in [2.45, 2.75) is 0 Å². The molecule has 17 heavy (non-hydrogen) atoms. The van der Waals surface area contributed by atoms with Gasteiger partial charge in [-0.25, -0.2) is 9.59 Å². The summed E-state index contributed by atoms with van der Waals surface area (Å²) >= 11 is 0. The second-order valence-corrected chi connectivity index (χ2v) is 3.61. The molecule has 0 atom stereocenters. The van der Waals surface area contributed by atoms with Gasteiger partial charge < -0.3 is 4.74 Å². The Kier molecular flexibility index (Phi) is 1.54. The topological polar surface area (TPSA) is 94.6 Å². The number of carbonyl (C=O) groups is 2. The van der Waals surface area contributed by atoms with Crippen LogP contribution in [-0.2, 0) is 4.74 Å². The van der Waals surface area contributed by atoms with Crippen molar-refractivity contribution in [1.82, 2.24) is 0 Å². The molecule has 0 amide bonds. The molecule has 0 radical (unpaired) electrons. The summed E-state index contributed by atoms with van der Waals surface area (Å²) in [5.74, 6) is -1.76. The lowest BCUT2D eigenvalue weighted by Gasteiger charge is -1.91. The number of cyclic esters (lactones) is 2. The quantitative estimate of drug-likeness (QED) is 0.331. The number of esters is 2. The van der Waals surface area contributed by atoms with E-state index in [0.717, 1.165) is 12.1 Å². The Morgan fingerprint density at radius 3 is 1.47 bits per heavy atom. The van der Waals surface area contributed by atoms with Gasteiger partial charge >= 0.3 is 11.9 Å². The van der Waals surface area contributed by atoms with E-state index in [2.05, 4.69) is 4.74 Å². The predicted octanol–water partition coefficient (Wildman–Crippen LogP) is -0.893. The van der Waals surface area contributed by atoms with E-state index in [-0.39, 0.29) is 21.9 Å². The molecule has 0 unspecified atom stereocenters. The Morgan fingerprint density at radius 1 is 0.647 bits per heavy atom. The molecule has 82 valence electrons. The van der Waals surface area contributed by atoms with Gasteiger partial charge in [0.25, 0.3) is 5.43 Å². The average Bonchev–Trinajstić information content (AvgIpc) is 2.70. The van der Waals surface area contributed by atoms with Gasteiger partial charge in [-0.05, 0) is 12.1 Å².